The van der Waals surface area contributed by atoms with Crippen LogP contribution in [0.3, 0.4) is 0 Å². The first-order valence-electron chi connectivity index (χ1n) is 5.25. The largest absolute Gasteiger partial charge is 0.288 e. The van der Waals surface area contributed by atoms with Gasteiger partial charge in [0.1, 0.15) is 0 Å². The highest BCUT2D eigenvalue weighted by atomic mass is 15.4. The van der Waals surface area contributed by atoms with E-state index in [4.69, 9.17) is 0 Å². The lowest BCUT2D eigenvalue weighted by molar-refractivity contribution is 0.0734. The molecule has 0 aromatic rings. The SMILES string of the molecule is CC1CCCC(C)N1CN1CC1. The first-order valence-corrected chi connectivity index (χ1v) is 5.25. The third-order valence-corrected chi connectivity index (χ3v) is 3.28. The summed E-state index contributed by atoms with van der Waals surface area (Å²) < 4.78 is 0. The van der Waals surface area contributed by atoms with Gasteiger partial charge in [0.15, 0.2) is 0 Å². The van der Waals surface area contributed by atoms with E-state index in [-0.39, 0.29) is 0 Å². The second kappa shape index (κ2) is 3.35. The Bertz CT molecular complexity index is 144. The molecule has 0 spiro atoms. The standard InChI is InChI=1S/C10H20N2/c1-9-4-3-5-10(2)12(9)8-11-6-7-11/h9-10H,3-8H2,1-2H3. The number of piperidine rings is 1. The summed E-state index contributed by atoms with van der Waals surface area (Å²) in [6.45, 7) is 8.63. The molecule has 12 heavy (non-hydrogen) atoms. The second-order valence-corrected chi connectivity index (χ2v) is 4.40. The second-order valence-electron chi connectivity index (χ2n) is 4.40. The van der Waals surface area contributed by atoms with Crippen molar-refractivity contribution in [1.82, 2.24) is 9.80 Å². The third-order valence-electron chi connectivity index (χ3n) is 3.28. The number of likely N-dealkylation sites (tertiary alicyclic amines) is 1. The summed E-state index contributed by atoms with van der Waals surface area (Å²) in [4.78, 5) is 5.18. The summed E-state index contributed by atoms with van der Waals surface area (Å²) in [7, 11) is 0. The summed E-state index contributed by atoms with van der Waals surface area (Å²) in [5.41, 5.74) is 0. The minimum atomic E-state index is 0.814. The predicted octanol–water partition coefficient (Wildman–Crippen LogP) is 1.52. The van der Waals surface area contributed by atoms with E-state index < -0.39 is 0 Å². The molecule has 70 valence electrons. The Hall–Kier alpha value is -0.0800. The van der Waals surface area contributed by atoms with Gasteiger partial charge in [-0.05, 0) is 26.7 Å². The van der Waals surface area contributed by atoms with Gasteiger partial charge in [0.05, 0.1) is 6.67 Å². The highest BCUT2D eigenvalue weighted by Crippen LogP contribution is 2.23. The zero-order valence-electron chi connectivity index (χ0n) is 8.29. The maximum absolute atomic E-state index is 2.66. The van der Waals surface area contributed by atoms with Crippen LogP contribution in [0, 0.1) is 0 Å². The molecule has 0 saturated carbocycles. The number of nitrogens with zero attached hydrogens (tertiary/aromatic N) is 2. The van der Waals surface area contributed by atoms with Crippen molar-refractivity contribution < 1.29 is 0 Å². The van der Waals surface area contributed by atoms with Crippen LogP contribution < -0.4 is 0 Å². The van der Waals surface area contributed by atoms with Crippen molar-refractivity contribution in [3.8, 4) is 0 Å². The molecule has 0 aromatic carbocycles. The Morgan fingerprint density at radius 3 is 2.17 bits per heavy atom. The molecule has 2 aliphatic rings. The highest BCUT2D eigenvalue weighted by molar-refractivity contribution is 4.82. The van der Waals surface area contributed by atoms with Crippen LogP contribution in [0.4, 0.5) is 0 Å². The monoisotopic (exact) mass is 168 g/mol. The van der Waals surface area contributed by atoms with Crippen LogP contribution in [-0.2, 0) is 0 Å². The third kappa shape index (κ3) is 1.80. The van der Waals surface area contributed by atoms with Crippen molar-refractivity contribution in [2.75, 3.05) is 19.8 Å². The molecular weight excluding hydrogens is 148 g/mol. The number of rotatable bonds is 2. The Kier molecular flexibility index (Phi) is 2.37. The van der Waals surface area contributed by atoms with Gasteiger partial charge in [-0.15, -0.1) is 0 Å². The van der Waals surface area contributed by atoms with Crippen molar-refractivity contribution in [3.05, 3.63) is 0 Å². The summed E-state index contributed by atoms with van der Waals surface area (Å²) >= 11 is 0. The summed E-state index contributed by atoms with van der Waals surface area (Å²) in [6.07, 6.45) is 4.23. The molecule has 2 atom stereocenters. The lowest BCUT2D eigenvalue weighted by atomic mass is 9.98. The summed E-state index contributed by atoms with van der Waals surface area (Å²) in [5, 5.41) is 0. The molecule has 0 bridgehead atoms. The van der Waals surface area contributed by atoms with Crippen LogP contribution in [0.15, 0.2) is 0 Å². The van der Waals surface area contributed by atoms with Crippen molar-refractivity contribution >= 4 is 0 Å². The number of hydrogen-bond acceptors (Lipinski definition) is 2. The fourth-order valence-electron chi connectivity index (χ4n) is 2.20. The van der Waals surface area contributed by atoms with Crippen LogP contribution in [0.1, 0.15) is 33.1 Å². The average molecular weight is 168 g/mol. The molecule has 2 rings (SSSR count). The minimum Gasteiger partial charge on any atom is -0.288 e. The normalized spacial score (nSPS) is 38.5. The fourth-order valence-corrected chi connectivity index (χ4v) is 2.20. The first kappa shape index (κ1) is 8.52. The topological polar surface area (TPSA) is 6.25 Å². The Morgan fingerprint density at radius 1 is 1.08 bits per heavy atom. The lowest BCUT2D eigenvalue weighted by Crippen LogP contribution is -2.46. The van der Waals surface area contributed by atoms with Crippen LogP contribution in [0.25, 0.3) is 0 Å². The molecule has 2 nitrogen and oxygen atoms in total. The molecule has 2 heteroatoms. The van der Waals surface area contributed by atoms with Gasteiger partial charge < -0.3 is 0 Å². The molecule has 0 radical (unpaired) electrons. The zero-order chi connectivity index (χ0) is 8.55. The van der Waals surface area contributed by atoms with E-state index in [0.717, 1.165) is 12.1 Å². The summed E-state index contributed by atoms with van der Waals surface area (Å²) in [5.74, 6) is 0. The van der Waals surface area contributed by atoms with Crippen molar-refractivity contribution in [2.45, 2.75) is 45.2 Å². The number of hydrogen-bond donors (Lipinski definition) is 0. The smallest absolute Gasteiger partial charge is 0.0512 e. The molecule has 2 fully saturated rings. The minimum absolute atomic E-state index is 0.814. The Balaban J connectivity index is 1.88. The van der Waals surface area contributed by atoms with E-state index in [9.17, 15) is 0 Å². The van der Waals surface area contributed by atoms with Gasteiger partial charge in [-0.2, -0.15) is 0 Å². The predicted molar refractivity (Wildman–Crippen MR) is 51.1 cm³/mol. The van der Waals surface area contributed by atoms with E-state index in [1.807, 2.05) is 0 Å². The lowest BCUT2D eigenvalue weighted by Gasteiger charge is -2.39. The zero-order valence-corrected chi connectivity index (χ0v) is 8.29. The van der Waals surface area contributed by atoms with E-state index in [2.05, 4.69) is 23.6 Å². The van der Waals surface area contributed by atoms with Gasteiger partial charge in [-0.1, -0.05) is 6.42 Å². The summed E-state index contributed by atoms with van der Waals surface area (Å²) in [6, 6.07) is 1.63. The highest BCUT2D eigenvalue weighted by Gasteiger charge is 2.28. The molecule has 2 aliphatic heterocycles. The molecule has 0 aliphatic carbocycles. The first-order chi connectivity index (χ1) is 5.77. The van der Waals surface area contributed by atoms with E-state index >= 15 is 0 Å². The molecule has 2 unspecified atom stereocenters. The van der Waals surface area contributed by atoms with Gasteiger partial charge in [0.25, 0.3) is 0 Å². The van der Waals surface area contributed by atoms with Gasteiger partial charge in [-0.3, -0.25) is 9.80 Å². The van der Waals surface area contributed by atoms with Gasteiger partial charge in [0, 0.05) is 25.2 Å². The van der Waals surface area contributed by atoms with Gasteiger partial charge >= 0.3 is 0 Å². The van der Waals surface area contributed by atoms with Gasteiger partial charge in [0.2, 0.25) is 0 Å². The van der Waals surface area contributed by atoms with Gasteiger partial charge in [-0.25, -0.2) is 0 Å². The van der Waals surface area contributed by atoms with Crippen molar-refractivity contribution in [1.29, 1.82) is 0 Å². The average Bonchev–Trinajstić information content (AvgIpc) is 2.80. The quantitative estimate of drug-likeness (QED) is 0.577. The molecule has 2 saturated heterocycles. The molecule has 0 N–H and O–H groups in total. The maximum Gasteiger partial charge on any atom is 0.0512 e. The molecule has 2 heterocycles. The van der Waals surface area contributed by atoms with E-state index in [0.29, 0.717) is 0 Å². The van der Waals surface area contributed by atoms with Crippen molar-refractivity contribution in [3.63, 3.8) is 0 Å². The molecule has 0 aromatic heterocycles. The van der Waals surface area contributed by atoms with Crippen LogP contribution >= 0.6 is 0 Å². The Morgan fingerprint density at radius 2 is 1.67 bits per heavy atom. The van der Waals surface area contributed by atoms with E-state index in [1.165, 1.54) is 39.0 Å². The maximum atomic E-state index is 2.66. The fraction of sp³-hybridized carbons (Fsp3) is 1.00. The Labute approximate surface area is 75.5 Å². The molecule has 0 amide bonds. The van der Waals surface area contributed by atoms with Crippen molar-refractivity contribution in [2.24, 2.45) is 0 Å². The van der Waals surface area contributed by atoms with Crippen LogP contribution in [-0.4, -0.2) is 41.6 Å². The molecular formula is C10H20N2. The van der Waals surface area contributed by atoms with E-state index in [1.54, 1.807) is 0 Å². The van der Waals surface area contributed by atoms with Crippen LogP contribution in [0.5, 0.6) is 0 Å². The van der Waals surface area contributed by atoms with Crippen LogP contribution in [0.2, 0.25) is 0 Å².